The highest BCUT2D eigenvalue weighted by atomic mass is 14.9. The van der Waals surface area contributed by atoms with E-state index in [0.717, 1.165) is 12.1 Å². The van der Waals surface area contributed by atoms with Gasteiger partial charge < -0.3 is 5.32 Å². The minimum absolute atomic E-state index is 0.300. The lowest BCUT2D eigenvalue weighted by molar-refractivity contribution is 0.707. The third-order valence-corrected chi connectivity index (χ3v) is 5.08. The SMILES string of the molecule is C=C(NC(C=C1CC1)Cc1ccc(C)cc1)c1cc(C)c(C)cc1C. The van der Waals surface area contributed by atoms with Crippen molar-refractivity contribution in [1.29, 1.82) is 0 Å². The van der Waals surface area contributed by atoms with Gasteiger partial charge in [0.1, 0.15) is 0 Å². The number of aryl methyl sites for hydroxylation is 4. The molecule has 130 valence electrons. The van der Waals surface area contributed by atoms with Crippen LogP contribution >= 0.6 is 0 Å². The summed E-state index contributed by atoms with van der Waals surface area (Å²) in [7, 11) is 0. The van der Waals surface area contributed by atoms with Crippen molar-refractivity contribution in [3.05, 3.63) is 88.0 Å². The minimum atomic E-state index is 0.300. The fraction of sp³-hybridized carbons (Fsp3) is 0.333. The third-order valence-electron chi connectivity index (χ3n) is 5.08. The number of allylic oxidation sites excluding steroid dienone is 1. The molecular formula is C24H29N. The molecule has 1 saturated carbocycles. The molecular weight excluding hydrogens is 302 g/mol. The van der Waals surface area contributed by atoms with Gasteiger partial charge in [-0.3, -0.25) is 0 Å². The first kappa shape index (κ1) is 17.5. The molecule has 0 aliphatic heterocycles. The van der Waals surface area contributed by atoms with Crippen molar-refractivity contribution < 1.29 is 0 Å². The van der Waals surface area contributed by atoms with Crippen molar-refractivity contribution in [2.75, 3.05) is 0 Å². The Bertz CT molecular complexity index is 803. The third kappa shape index (κ3) is 4.63. The lowest BCUT2D eigenvalue weighted by Gasteiger charge is -2.21. The minimum Gasteiger partial charge on any atom is -0.378 e. The van der Waals surface area contributed by atoms with Crippen LogP contribution in [-0.2, 0) is 6.42 Å². The molecule has 0 spiro atoms. The van der Waals surface area contributed by atoms with E-state index < -0.39 is 0 Å². The van der Waals surface area contributed by atoms with Crippen LogP contribution in [0, 0.1) is 27.7 Å². The number of hydrogen-bond acceptors (Lipinski definition) is 1. The van der Waals surface area contributed by atoms with Gasteiger partial charge in [-0.1, -0.05) is 54.1 Å². The van der Waals surface area contributed by atoms with Crippen molar-refractivity contribution in [2.45, 2.75) is 53.0 Å². The summed E-state index contributed by atoms with van der Waals surface area (Å²) in [6.07, 6.45) is 5.90. The molecule has 3 rings (SSSR count). The smallest absolute Gasteiger partial charge is 0.0487 e. The monoisotopic (exact) mass is 331 g/mol. The average molecular weight is 332 g/mol. The Hall–Kier alpha value is -2.28. The van der Waals surface area contributed by atoms with E-state index in [-0.39, 0.29) is 0 Å². The standard InChI is InChI=1S/C24H29N/c1-16-6-8-21(9-7-16)14-23(15-22-10-11-22)25-20(5)24-13-18(3)17(2)12-19(24)4/h6-9,12-13,15,23,25H,5,10-11,14H2,1-4H3. The zero-order valence-electron chi connectivity index (χ0n) is 15.9. The summed E-state index contributed by atoms with van der Waals surface area (Å²) in [5.74, 6) is 0. The zero-order chi connectivity index (χ0) is 18.0. The van der Waals surface area contributed by atoms with Crippen molar-refractivity contribution in [3.63, 3.8) is 0 Å². The van der Waals surface area contributed by atoms with Crippen LogP contribution in [-0.4, -0.2) is 6.04 Å². The lowest BCUT2D eigenvalue weighted by Crippen LogP contribution is -2.28. The van der Waals surface area contributed by atoms with Crippen LogP contribution in [0.1, 0.15) is 46.2 Å². The molecule has 0 radical (unpaired) electrons. The maximum absolute atomic E-state index is 4.34. The second-order valence-electron chi connectivity index (χ2n) is 7.50. The molecule has 2 aromatic carbocycles. The summed E-state index contributed by atoms with van der Waals surface area (Å²) in [6.45, 7) is 13.0. The van der Waals surface area contributed by atoms with Crippen molar-refractivity contribution >= 4 is 5.70 Å². The summed E-state index contributed by atoms with van der Waals surface area (Å²) >= 11 is 0. The fourth-order valence-corrected chi connectivity index (χ4v) is 3.24. The summed E-state index contributed by atoms with van der Waals surface area (Å²) in [5.41, 5.74) is 10.4. The molecule has 2 aromatic rings. The molecule has 0 heterocycles. The quantitative estimate of drug-likeness (QED) is 0.658. The van der Waals surface area contributed by atoms with Crippen LogP contribution < -0.4 is 5.32 Å². The van der Waals surface area contributed by atoms with E-state index >= 15 is 0 Å². The summed E-state index contributed by atoms with van der Waals surface area (Å²) in [4.78, 5) is 0. The molecule has 1 nitrogen and oxygen atoms in total. The largest absolute Gasteiger partial charge is 0.378 e. The number of hydrogen-bond donors (Lipinski definition) is 1. The second kappa shape index (κ2) is 7.31. The van der Waals surface area contributed by atoms with E-state index in [1.165, 1.54) is 46.2 Å². The van der Waals surface area contributed by atoms with E-state index in [4.69, 9.17) is 0 Å². The van der Waals surface area contributed by atoms with Crippen LogP contribution in [0.4, 0.5) is 0 Å². The maximum Gasteiger partial charge on any atom is 0.0487 e. The predicted molar refractivity (Wildman–Crippen MR) is 109 cm³/mol. The number of nitrogens with one attached hydrogen (secondary N) is 1. The molecule has 1 N–H and O–H groups in total. The number of rotatable bonds is 6. The van der Waals surface area contributed by atoms with Gasteiger partial charge in [0.15, 0.2) is 0 Å². The van der Waals surface area contributed by atoms with Gasteiger partial charge in [-0.05, 0) is 75.3 Å². The Kier molecular flexibility index (Phi) is 5.13. The Labute approximate surface area is 152 Å². The van der Waals surface area contributed by atoms with Crippen molar-refractivity contribution in [1.82, 2.24) is 5.32 Å². The van der Waals surface area contributed by atoms with E-state index in [2.05, 4.69) is 82.1 Å². The Morgan fingerprint density at radius 1 is 1.00 bits per heavy atom. The molecule has 1 heteroatoms. The highest BCUT2D eigenvalue weighted by molar-refractivity contribution is 5.66. The summed E-state index contributed by atoms with van der Waals surface area (Å²) < 4.78 is 0. The van der Waals surface area contributed by atoms with Crippen LogP contribution in [0.5, 0.6) is 0 Å². The van der Waals surface area contributed by atoms with Crippen molar-refractivity contribution in [2.24, 2.45) is 0 Å². The molecule has 1 aliphatic carbocycles. The van der Waals surface area contributed by atoms with Gasteiger partial charge in [0, 0.05) is 17.3 Å². The Morgan fingerprint density at radius 2 is 1.64 bits per heavy atom. The molecule has 0 bridgehead atoms. The van der Waals surface area contributed by atoms with Crippen LogP contribution in [0.15, 0.2) is 54.6 Å². The second-order valence-corrected chi connectivity index (χ2v) is 7.50. The molecule has 0 aromatic heterocycles. The topological polar surface area (TPSA) is 12.0 Å². The van der Waals surface area contributed by atoms with E-state index in [9.17, 15) is 0 Å². The van der Waals surface area contributed by atoms with Crippen LogP contribution in [0.25, 0.3) is 5.70 Å². The first-order valence-electron chi connectivity index (χ1n) is 9.21. The highest BCUT2D eigenvalue weighted by Gasteiger charge is 2.17. The molecule has 25 heavy (non-hydrogen) atoms. The van der Waals surface area contributed by atoms with Gasteiger partial charge in [-0.15, -0.1) is 0 Å². The summed E-state index contributed by atoms with van der Waals surface area (Å²) in [6, 6.07) is 13.7. The highest BCUT2D eigenvalue weighted by Crippen LogP contribution is 2.29. The fourth-order valence-electron chi connectivity index (χ4n) is 3.24. The normalized spacial score (nSPS) is 14.2. The molecule has 1 fully saturated rings. The van der Waals surface area contributed by atoms with E-state index in [0.29, 0.717) is 6.04 Å². The number of benzene rings is 2. The Balaban J connectivity index is 1.78. The van der Waals surface area contributed by atoms with Gasteiger partial charge in [0.05, 0.1) is 0 Å². The molecule has 1 aliphatic rings. The van der Waals surface area contributed by atoms with Crippen molar-refractivity contribution in [3.8, 4) is 0 Å². The predicted octanol–water partition coefficient (Wildman–Crippen LogP) is 5.81. The van der Waals surface area contributed by atoms with Gasteiger partial charge >= 0.3 is 0 Å². The van der Waals surface area contributed by atoms with Crippen LogP contribution in [0.3, 0.4) is 0 Å². The summed E-state index contributed by atoms with van der Waals surface area (Å²) in [5, 5.41) is 3.68. The lowest BCUT2D eigenvalue weighted by atomic mass is 9.98. The molecule has 0 saturated heterocycles. The molecule has 0 amide bonds. The van der Waals surface area contributed by atoms with Gasteiger partial charge in [0.2, 0.25) is 0 Å². The maximum atomic E-state index is 4.34. The van der Waals surface area contributed by atoms with E-state index in [1.54, 1.807) is 5.57 Å². The molecule has 1 unspecified atom stereocenters. The molecule has 1 atom stereocenters. The van der Waals surface area contributed by atoms with Gasteiger partial charge in [-0.2, -0.15) is 0 Å². The first-order valence-corrected chi connectivity index (χ1v) is 9.21. The zero-order valence-corrected chi connectivity index (χ0v) is 15.9. The van der Waals surface area contributed by atoms with E-state index in [1.807, 2.05) is 0 Å². The average Bonchev–Trinajstić information content (AvgIpc) is 3.37. The van der Waals surface area contributed by atoms with Gasteiger partial charge in [-0.25, -0.2) is 0 Å². The van der Waals surface area contributed by atoms with Gasteiger partial charge in [0.25, 0.3) is 0 Å². The Morgan fingerprint density at radius 3 is 2.28 bits per heavy atom. The first-order chi connectivity index (χ1) is 11.9. The van der Waals surface area contributed by atoms with Crippen LogP contribution in [0.2, 0.25) is 0 Å².